The molecule has 0 aromatic carbocycles. The maximum absolute atomic E-state index is 5.04. The fraction of sp³-hybridized carbons (Fsp3) is 0.941. The maximum atomic E-state index is 5.04. The molecule has 0 spiro atoms. The van der Waals surface area contributed by atoms with Crippen LogP contribution in [0.3, 0.4) is 0 Å². The third-order valence-corrected chi connectivity index (χ3v) is 5.28. The predicted octanol–water partition coefficient (Wildman–Crippen LogP) is 3.38. The predicted molar refractivity (Wildman–Crippen MR) is 98.6 cm³/mol. The third-order valence-electron chi connectivity index (χ3n) is 4.81. The van der Waals surface area contributed by atoms with E-state index in [0.29, 0.717) is 10.4 Å². The van der Waals surface area contributed by atoms with E-state index in [4.69, 9.17) is 24.8 Å². The average Bonchev–Trinajstić information content (AvgIpc) is 2.51. The molecule has 124 valence electrons. The molecule has 2 aliphatic rings. The van der Waals surface area contributed by atoms with Gasteiger partial charge in [-0.1, -0.05) is 30.0 Å². The van der Waals surface area contributed by atoms with Gasteiger partial charge < -0.3 is 35.1 Å². The Morgan fingerprint density at radius 1 is 1.00 bits per heavy atom. The second-order valence-corrected chi connectivity index (χ2v) is 7.42. The number of nitrogens with zero attached hydrogens (tertiary/aromatic N) is 1. The molecule has 2 fully saturated rings. The number of thiocarbonyl (C=S) groups is 1. The van der Waals surface area contributed by atoms with Crippen molar-refractivity contribution in [1.29, 1.82) is 0 Å². The van der Waals surface area contributed by atoms with Gasteiger partial charge >= 0.3 is 0 Å². The normalized spacial score (nSPS) is 20.5. The molecule has 0 radical (unpaired) electrons. The Kier molecular flexibility index (Phi) is 10.6. The van der Waals surface area contributed by atoms with Gasteiger partial charge in [-0.25, -0.2) is 0 Å². The van der Waals surface area contributed by atoms with Crippen molar-refractivity contribution in [3.8, 4) is 0 Å². The summed E-state index contributed by atoms with van der Waals surface area (Å²) in [5.74, 6) is 0. The van der Waals surface area contributed by atoms with Crippen molar-refractivity contribution >= 4 is 29.2 Å². The molecule has 0 saturated heterocycles. The number of rotatable bonds is 4. The van der Waals surface area contributed by atoms with Crippen LogP contribution >= 0.6 is 12.2 Å². The number of hydrogen-bond donors (Lipinski definition) is 1. The van der Waals surface area contributed by atoms with E-state index >= 15 is 0 Å². The molecule has 2 nitrogen and oxygen atoms in total. The summed E-state index contributed by atoms with van der Waals surface area (Å²) in [4.78, 5) is 2.20. The lowest BCUT2D eigenvalue weighted by Crippen LogP contribution is -2.89. The van der Waals surface area contributed by atoms with Gasteiger partial charge in [0.1, 0.15) is 0 Å². The molecular weight excluding hydrogens is 296 g/mol. The van der Waals surface area contributed by atoms with E-state index in [2.05, 4.69) is 24.1 Å². The summed E-state index contributed by atoms with van der Waals surface area (Å²) in [5, 5.41) is 2.49. The SMILES string of the molecule is CCN(C(=S)[S-])C1CCCCC1.CC[NH2+]C1CCCCC1. The van der Waals surface area contributed by atoms with Gasteiger partial charge in [-0.15, -0.1) is 0 Å². The molecule has 2 aliphatic carbocycles. The molecule has 4 heteroatoms. The van der Waals surface area contributed by atoms with E-state index in [1.807, 2.05) is 0 Å². The van der Waals surface area contributed by atoms with Crippen LogP contribution in [0.2, 0.25) is 0 Å². The van der Waals surface area contributed by atoms with Crippen LogP contribution in [0, 0.1) is 0 Å². The lowest BCUT2D eigenvalue weighted by atomic mass is 9.94. The highest BCUT2D eigenvalue weighted by atomic mass is 32.1. The number of hydrogen-bond acceptors (Lipinski definition) is 2. The zero-order chi connectivity index (χ0) is 15.5. The Bertz CT molecular complexity index is 269. The van der Waals surface area contributed by atoms with Crippen LogP contribution in [0.15, 0.2) is 0 Å². The smallest absolute Gasteiger partial charge is 0.0859 e. The van der Waals surface area contributed by atoms with Gasteiger partial charge in [-0.05, 0) is 52.4 Å². The van der Waals surface area contributed by atoms with Gasteiger partial charge in [0.2, 0.25) is 0 Å². The zero-order valence-electron chi connectivity index (χ0n) is 14.0. The first kappa shape index (κ1) is 19.1. The van der Waals surface area contributed by atoms with Crippen molar-refractivity contribution in [1.82, 2.24) is 4.90 Å². The van der Waals surface area contributed by atoms with E-state index in [0.717, 1.165) is 12.6 Å². The van der Waals surface area contributed by atoms with E-state index in [-0.39, 0.29) is 0 Å². The minimum atomic E-state index is 0.647. The largest absolute Gasteiger partial charge is 0.411 e. The lowest BCUT2D eigenvalue weighted by Gasteiger charge is -2.37. The topological polar surface area (TPSA) is 19.9 Å². The van der Waals surface area contributed by atoms with E-state index < -0.39 is 0 Å². The van der Waals surface area contributed by atoms with Gasteiger partial charge in [0, 0.05) is 12.6 Å². The van der Waals surface area contributed by atoms with Crippen LogP contribution in [0.5, 0.6) is 0 Å². The van der Waals surface area contributed by atoms with Crippen molar-refractivity contribution in [2.24, 2.45) is 0 Å². The van der Waals surface area contributed by atoms with Crippen molar-refractivity contribution in [3.63, 3.8) is 0 Å². The number of quaternary nitrogens is 1. The summed E-state index contributed by atoms with van der Waals surface area (Å²) in [5.41, 5.74) is 0. The Hall–Kier alpha value is 0.0700. The molecule has 0 aliphatic heterocycles. The van der Waals surface area contributed by atoms with Crippen LogP contribution in [0.1, 0.15) is 78.1 Å². The molecule has 0 unspecified atom stereocenters. The summed E-state index contributed by atoms with van der Waals surface area (Å²) in [6.07, 6.45) is 14.0. The number of nitrogens with two attached hydrogens (primary N) is 1. The van der Waals surface area contributed by atoms with Gasteiger partial charge in [-0.2, -0.15) is 0 Å². The van der Waals surface area contributed by atoms with Crippen LogP contribution in [-0.2, 0) is 12.6 Å². The first-order valence-corrected chi connectivity index (χ1v) is 9.81. The lowest BCUT2D eigenvalue weighted by molar-refractivity contribution is -0.689. The molecule has 0 amide bonds. The highest BCUT2D eigenvalue weighted by molar-refractivity contribution is 8.00. The third kappa shape index (κ3) is 7.75. The zero-order valence-corrected chi connectivity index (χ0v) is 15.6. The first-order chi connectivity index (χ1) is 10.2. The second-order valence-electron chi connectivity index (χ2n) is 6.39. The van der Waals surface area contributed by atoms with Crippen LogP contribution in [-0.4, -0.2) is 34.4 Å². The van der Waals surface area contributed by atoms with Crippen LogP contribution in [0.25, 0.3) is 0 Å². The fourth-order valence-corrected chi connectivity index (χ4v) is 4.19. The van der Waals surface area contributed by atoms with Gasteiger partial charge in [0.25, 0.3) is 0 Å². The standard InChI is InChI=1S/C9H17NS2.C8H17N/c1-2-10(9(11)12)8-6-4-3-5-7-8;1-2-9-8-6-4-3-5-7-8/h8H,2-7H2,1H3,(H,11,12);8-9H,2-7H2,1H3. The minimum absolute atomic E-state index is 0.647. The monoisotopic (exact) mass is 330 g/mol. The molecule has 0 aromatic rings. The highest BCUT2D eigenvalue weighted by Crippen LogP contribution is 2.22. The summed E-state index contributed by atoms with van der Waals surface area (Å²) < 4.78 is 0.657. The summed E-state index contributed by atoms with van der Waals surface area (Å²) in [6.45, 7) is 6.62. The molecule has 0 heterocycles. The highest BCUT2D eigenvalue weighted by Gasteiger charge is 2.17. The summed E-state index contributed by atoms with van der Waals surface area (Å²) >= 11 is 10.1. The maximum Gasteiger partial charge on any atom is 0.0859 e. The second kappa shape index (κ2) is 11.6. The Morgan fingerprint density at radius 3 is 1.95 bits per heavy atom. The van der Waals surface area contributed by atoms with Crippen molar-refractivity contribution in [3.05, 3.63) is 0 Å². The Balaban J connectivity index is 0.000000219. The van der Waals surface area contributed by atoms with E-state index in [1.54, 1.807) is 0 Å². The van der Waals surface area contributed by atoms with Crippen LogP contribution < -0.4 is 5.32 Å². The fourth-order valence-electron chi connectivity index (χ4n) is 3.63. The molecule has 2 N–H and O–H groups in total. The van der Waals surface area contributed by atoms with Crippen LogP contribution in [0.4, 0.5) is 0 Å². The first-order valence-electron chi connectivity index (χ1n) is 9.00. The molecule has 0 atom stereocenters. The Morgan fingerprint density at radius 2 is 1.52 bits per heavy atom. The van der Waals surface area contributed by atoms with E-state index in [9.17, 15) is 0 Å². The molecular formula is C17H34N2S2. The van der Waals surface area contributed by atoms with Crippen molar-refractivity contribution < 1.29 is 5.32 Å². The van der Waals surface area contributed by atoms with Crippen molar-refractivity contribution in [2.45, 2.75) is 90.1 Å². The average molecular weight is 331 g/mol. The molecule has 21 heavy (non-hydrogen) atoms. The van der Waals surface area contributed by atoms with E-state index in [1.165, 1.54) is 70.8 Å². The van der Waals surface area contributed by atoms with Gasteiger partial charge in [-0.3, -0.25) is 0 Å². The molecule has 2 rings (SSSR count). The summed E-state index contributed by atoms with van der Waals surface area (Å²) in [6, 6.07) is 1.62. The van der Waals surface area contributed by atoms with Crippen molar-refractivity contribution in [2.75, 3.05) is 13.1 Å². The molecule has 2 saturated carbocycles. The summed E-state index contributed by atoms with van der Waals surface area (Å²) in [7, 11) is 0. The Labute approximate surface area is 142 Å². The van der Waals surface area contributed by atoms with Gasteiger partial charge in [0.15, 0.2) is 0 Å². The molecule has 0 bridgehead atoms. The molecule has 0 aromatic heterocycles. The minimum Gasteiger partial charge on any atom is -0.411 e. The van der Waals surface area contributed by atoms with Gasteiger partial charge in [0.05, 0.1) is 12.6 Å². The quantitative estimate of drug-likeness (QED) is 0.630.